The Bertz CT molecular complexity index is 2630. The number of likely N-dealkylation sites (tertiary alicyclic amines) is 2. The molecule has 1 unspecified atom stereocenters. The molecule has 0 radical (unpaired) electrons. The van der Waals surface area contributed by atoms with Crippen LogP contribution in [0.4, 0.5) is 27.2 Å². The number of alkyl carbamates (subject to hydrolysis) is 2. The molecule has 3 aliphatic rings. The van der Waals surface area contributed by atoms with Crippen molar-refractivity contribution in [3.63, 3.8) is 0 Å². The van der Waals surface area contributed by atoms with Gasteiger partial charge in [-0.3, -0.25) is 9.59 Å². The first kappa shape index (κ1) is 44.2. The molecule has 3 aromatic carbocycles. The van der Waals surface area contributed by atoms with E-state index in [-0.39, 0.29) is 40.3 Å². The van der Waals surface area contributed by atoms with Crippen LogP contribution < -0.4 is 10.6 Å². The highest BCUT2D eigenvalue weighted by molar-refractivity contribution is 5.88. The molecule has 2 saturated heterocycles. The van der Waals surface area contributed by atoms with E-state index >= 15 is 17.6 Å². The molecular formula is C46H50F4N8O6. The summed E-state index contributed by atoms with van der Waals surface area (Å²) in [5.41, 5.74) is 0.752. The van der Waals surface area contributed by atoms with Crippen LogP contribution in [-0.2, 0) is 30.9 Å². The van der Waals surface area contributed by atoms with Gasteiger partial charge in [0, 0.05) is 29.8 Å². The normalized spacial score (nSPS) is 19.6. The number of H-pyrrole nitrogens is 2. The summed E-state index contributed by atoms with van der Waals surface area (Å²) < 4.78 is 74.4. The second kappa shape index (κ2) is 16.9. The fraction of sp³-hybridized carbons (Fsp3) is 0.435. The standard InChI is InChI=1S/C46H50F4N8O6/c1-23(2)37(55-43(61)63-5)41(59)57-17-7-9-35(57)39-51-22-34(54-39)27-12-15-29-28-14-11-25(19-30(28)45(47,48)46(49,50)31(29)20-27)26-13-16-32-33(21-26)53-40(52-32)36-10-8-18-58(36)42(60)38(24(3)4)56-44(62)64-6/h11-16,19-24,35-38H,7-10,17-18H2,1-6H3,(H,51,54)(H,52,53)(H,55,61)(H,56,62)/t35-,36+,37?,38+/m1/s1. The molecule has 5 aromatic rings. The Kier molecular flexibility index (Phi) is 11.7. The van der Waals surface area contributed by atoms with E-state index in [4.69, 9.17) is 14.5 Å². The lowest BCUT2D eigenvalue weighted by atomic mass is 9.78. The van der Waals surface area contributed by atoms with Gasteiger partial charge in [0.2, 0.25) is 11.8 Å². The van der Waals surface area contributed by atoms with Gasteiger partial charge in [-0.15, -0.1) is 0 Å². The number of benzene rings is 3. The maximum Gasteiger partial charge on any atom is 0.407 e. The van der Waals surface area contributed by atoms with Crippen molar-refractivity contribution in [3.8, 4) is 33.5 Å². The number of amides is 4. The number of aromatic nitrogens is 4. The Morgan fingerprint density at radius 1 is 0.688 bits per heavy atom. The molecule has 338 valence electrons. The monoisotopic (exact) mass is 886 g/mol. The summed E-state index contributed by atoms with van der Waals surface area (Å²) >= 11 is 0. The first-order chi connectivity index (χ1) is 30.4. The van der Waals surface area contributed by atoms with Gasteiger partial charge in [-0.2, -0.15) is 17.6 Å². The fourth-order valence-electron chi connectivity index (χ4n) is 9.17. The van der Waals surface area contributed by atoms with Gasteiger partial charge in [-0.1, -0.05) is 58.0 Å². The summed E-state index contributed by atoms with van der Waals surface area (Å²) in [5, 5.41) is 5.23. The van der Waals surface area contributed by atoms with Crippen LogP contribution in [0.2, 0.25) is 0 Å². The molecule has 1 aliphatic carbocycles. The van der Waals surface area contributed by atoms with Gasteiger partial charge < -0.3 is 39.9 Å². The number of aromatic amines is 2. The van der Waals surface area contributed by atoms with Gasteiger partial charge >= 0.3 is 24.0 Å². The van der Waals surface area contributed by atoms with Crippen molar-refractivity contribution in [1.29, 1.82) is 0 Å². The van der Waals surface area contributed by atoms with Crippen molar-refractivity contribution in [2.24, 2.45) is 11.8 Å². The first-order valence-electron chi connectivity index (χ1n) is 21.3. The number of carbonyl (C=O) groups is 4. The minimum Gasteiger partial charge on any atom is -0.453 e. The number of alkyl halides is 4. The van der Waals surface area contributed by atoms with E-state index in [9.17, 15) is 19.2 Å². The van der Waals surface area contributed by atoms with Crippen LogP contribution in [0, 0.1) is 11.8 Å². The number of nitrogens with zero attached hydrogens (tertiary/aromatic N) is 4. The van der Waals surface area contributed by atoms with Gasteiger partial charge in [0.15, 0.2) is 0 Å². The summed E-state index contributed by atoms with van der Waals surface area (Å²) in [6, 6.07) is 10.7. The minimum atomic E-state index is -4.59. The Labute approximate surface area is 366 Å². The van der Waals surface area contributed by atoms with E-state index in [0.29, 0.717) is 78.3 Å². The molecule has 2 aromatic heterocycles. The molecule has 4 N–H and O–H groups in total. The molecule has 0 spiro atoms. The predicted molar refractivity (Wildman–Crippen MR) is 228 cm³/mol. The van der Waals surface area contributed by atoms with Crippen LogP contribution >= 0.6 is 0 Å². The van der Waals surface area contributed by atoms with Gasteiger partial charge in [0.1, 0.15) is 23.7 Å². The summed E-state index contributed by atoms with van der Waals surface area (Å²) in [7, 11) is 2.44. The van der Waals surface area contributed by atoms with Crippen LogP contribution in [0.3, 0.4) is 0 Å². The molecule has 4 atom stereocenters. The van der Waals surface area contributed by atoms with Crippen molar-refractivity contribution in [2.45, 2.75) is 89.4 Å². The number of fused-ring (bicyclic) bond motifs is 4. The summed E-state index contributed by atoms with van der Waals surface area (Å²) in [6.45, 7) is 8.12. The zero-order chi connectivity index (χ0) is 45.8. The van der Waals surface area contributed by atoms with E-state index in [2.05, 4.69) is 25.6 Å². The third-order valence-electron chi connectivity index (χ3n) is 12.6. The number of nitrogens with one attached hydrogen (secondary N) is 4. The number of carbonyl (C=O) groups excluding carboxylic acids is 4. The molecule has 4 amide bonds. The largest absolute Gasteiger partial charge is 0.453 e. The van der Waals surface area contributed by atoms with Crippen LogP contribution in [-0.4, -0.2) is 93.1 Å². The zero-order valence-electron chi connectivity index (χ0n) is 36.2. The highest BCUT2D eigenvalue weighted by atomic mass is 19.3. The maximum atomic E-state index is 16.2. The summed E-state index contributed by atoms with van der Waals surface area (Å²) in [5.74, 6) is -9.29. The number of imidazole rings is 2. The van der Waals surface area contributed by atoms with Crippen LogP contribution in [0.1, 0.15) is 88.2 Å². The van der Waals surface area contributed by atoms with E-state index in [1.54, 1.807) is 54.0 Å². The van der Waals surface area contributed by atoms with Gasteiger partial charge in [0.05, 0.1) is 49.2 Å². The zero-order valence-corrected chi connectivity index (χ0v) is 36.2. The minimum absolute atomic E-state index is 0.0239. The highest BCUT2D eigenvalue weighted by Gasteiger charge is 2.63. The lowest BCUT2D eigenvalue weighted by Crippen LogP contribution is -2.51. The maximum absolute atomic E-state index is 16.2. The fourth-order valence-corrected chi connectivity index (χ4v) is 9.17. The van der Waals surface area contributed by atoms with Crippen molar-refractivity contribution in [3.05, 3.63) is 83.6 Å². The highest BCUT2D eigenvalue weighted by Crippen LogP contribution is 2.59. The SMILES string of the molecule is COC(=O)NC(C(=O)N1CCC[C@@H]1c1ncc(-c2ccc3c(c2)C(F)(F)C(F)(F)c2cc(-c4ccc5nc([C@@H]6CCCN6C(=O)[C@@H](NC(=O)OC)C(C)C)[nH]c5c4)ccc2-3)[nH]1)C(C)C. The molecule has 8 rings (SSSR count). The smallest absolute Gasteiger partial charge is 0.407 e. The molecule has 18 heteroatoms. The Morgan fingerprint density at radius 2 is 1.17 bits per heavy atom. The van der Waals surface area contributed by atoms with Gasteiger partial charge in [0.25, 0.3) is 0 Å². The van der Waals surface area contributed by atoms with Gasteiger partial charge in [-0.05, 0) is 84.0 Å². The lowest BCUT2D eigenvalue weighted by Gasteiger charge is -2.35. The Balaban J connectivity index is 1.05. The molecule has 0 saturated carbocycles. The molecule has 0 bridgehead atoms. The molecular weight excluding hydrogens is 837 g/mol. The molecule has 2 fully saturated rings. The summed E-state index contributed by atoms with van der Waals surface area (Å²) in [4.78, 5) is 70.2. The quantitative estimate of drug-likeness (QED) is 0.101. The third-order valence-corrected chi connectivity index (χ3v) is 12.6. The van der Waals surface area contributed by atoms with Crippen molar-refractivity contribution in [1.82, 2.24) is 40.4 Å². The van der Waals surface area contributed by atoms with E-state index in [0.717, 1.165) is 12.1 Å². The number of hydrogen-bond donors (Lipinski definition) is 4. The van der Waals surface area contributed by atoms with E-state index in [1.807, 2.05) is 13.8 Å². The number of rotatable bonds is 10. The first-order valence-corrected chi connectivity index (χ1v) is 21.3. The third kappa shape index (κ3) is 7.69. The number of hydrogen-bond acceptors (Lipinski definition) is 8. The second-order valence-electron chi connectivity index (χ2n) is 17.3. The molecule has 2 aliphatic heterocycles. The Morgan fingerprint density at radius 3 is 1.70 bits per heavy atom. The average molecular weight is 887 g/mol. The van der Waals surface area contributed by atoms with Gasteiger partial charge in [-0.25, -0.2) is 19.6 Å². The van der Waals surface area contributed by atoms with Crippen molar-refractivity contribution in [2.75, 3.05) is 27.3 Å². The number of methoxy groups -OCH3 is 2. The van der Waals surface area contributed by atoms with Crippen LogP contribution in [0.25, 0.3) is 44.5 Å². The molecule has 14 nitrogen and oxygen atoms in total. The van der Waals surface area contributed by atoms with Crippen molar-refractivity contribution >= 4 is 35.0 Å². The average Bonchev–Trinajstić information content (AvgIpc) is 4.12. The van der Waals surface area contributed by atoms with Crippen LogP contribution in [0.15, 0.2) is 60.8 Å². The number of halogens is 4. The molecule has 64 heavy (non-hydrogen) atoms. The topological polar surface area (TPSA) is 175 Å². The number of ether oxygens (including phenoxy) is 2. The van der Waals surface area contributed by atoms with Crippen LogP contribution in [0.5, 0.6) is 0 Å². The van der Waals surface area contributed by atoms with E-state index < -0.39 is 59.3 Å². The predicted octanol–water partition coefficient (Wildman–Crippen LogP) is 8.57. The Hall–Kier alpha value is -6.46. The second-order valence-corrected chi connectivity index (χ2v) is 17.3. The van der Waals surface area contributed by atoms with Crippen molar-refractivity contribution < 1.29 is 46.2 Å². The summed E-state index contributed by atoms with van der Waals surface area (Å²) in [6.07, 6.45) is 2.55. The van der Waals surface area contributed by atoms with E-state index in [1.165, 1.54) is 32.5 Å². The lowest BCUT2D eigenvalue weighted by molar-refractivity contribution is -0.225. The molecule has 4 heterocycles.